The first-order valence-electron chi connectivity index (χ1n) is 3.27. The summed E-state index contributed by atoms with van der Waals surface area (Å²) >= 11 is 7.75. The van der Waals surface area contributed by atoms with Crippen molar-refractivity contribution < 1.29 is 18.0 Å². The van der Waals surface area contributed by atoms with Crippen LogP contribution >= 0.6 is 27.5 Å². The number of alkyl halides is 2. The molecular weight excluding hydrogens is 286 g/mol. The second-order valence-electron chi connectivity index (χ2n) is 2.26. The number of hydrogen-bond donors (Lipinski definition) is 0. The number of pyridine rings is 1. The summed E-state index contributed by atoms with van der Waals surface area (Å²) in [5.41, 5.74) is -1.67. The van der Waals surface area contributed by atoms with Crippen LogP contribution in [0.3, 0.4) is 0 Å². The molecule has 1 heterocycles. The predicted octanol–water partition coefficient (Wildman–Crippen LogP) is 3.30. The molecule has 0 unspecified atom stereocenters. The Bertz CT molecular complexity index is 385. The van der Waals surface area contributed by atoms with Gasteiger partial charge in [-0.05, 0) is 27.5 Å². The number of carbonyl (C=O) groups excluding carboxylic acids is 1. The molecule has 0 atom stereocenters. The lowest BCUT2D eigenvalue weighted by atomic mass is 10.1. The minimum atomic E-state index is -3.12. The minimum Gasteiger partial charge on any atom is -0.275 e. The van der Waals surface area contributed by atoms with Gasteiger partial charge in [0.25, 0.3) is 11.7 Å². The summed E-state index contributed by atoms with van der Waals surface area (Å²) in [6, 6.07) is 0. The molecule has 7 heteroatoms. The van der Waals surface area contributed by atoms with E-state index in [4.69, 9.17) is 11.6 Å². The molecule has 0 N–H and O–H groups in total. The van der Waals surface area contributed by atoms with Crippen molar-refractivity contribution in [2.45, 2.75) is 6.43 Å². The molecule has 2 nitrogen and oxygen atoms in total. The summed E-state index contributed by atoms with van der Waals surface area (Å²) in [7, 11) is 0. The maximum absolute atomic E-state index is 12.9. The molecule has 0 aliphatic rings. The van der Waals surface area contributed by atoms with E-state index in [-0.39, 0.29) is 4.60 Å². The van der Waals surface area contributed by atoms with Gasteiger partial charge < -0.3 is 0 Å². The maximum atomic E-state index is 12.9. The number of aromatic nitrogens is 1. The molecule has 76 valence electrons. The predicted molar refractivity (Wildman–Crippen MR) is 47.0 cm³/mol. The Kier molecular flexibility index (Phi) is 3.49. The van der Waals surface area contributed by atoms with Crippen LogP contribution in [0, 0.1) is 5.82 Å². The highest BCUT2D eigenvalue weighted by atomic mass is 79.9. The quantitative estimate of drug-likeness (QED) is 0.617. The number of halogens is 5. The molecule has 1 rings (SSSR count). The van der Waals surface area contributed by atoms with Gasteiger partial charge in [-0.15, -0.1) is 0 Å². The normalized spacial score (nSPS) is 10.7. The van der Waals surface area contributed by atoms with Crippen molar-refractivity contribution in [3.63, 3.8) is 0 Å². The van der Waals surface area contributed by atoms with E-state index in [1.807, 2.05) is 0 Å². The van der Waals surface area contributed by atoms with E-state index in [1.165, 1.54) is 0 Å². The molecule has 0 bridgehead atoms. The van der Waals surface area contributed by atoms with Crippen LogP contribution in [-0.2, 0) is 0 Å². The van der Waals surface area contributed by atoms with Gasteiger partial charge in [-0.1, -0.05) is 0 Å². The van der Waals surface area contributed by atoms with E-state index < -0.39 is 28.6 Å². The van der Waals surface area contributed by atoms with Gasteiger partial charge in [0.1, 0.15) is 4.60 Å². The van der Waals surface area contributed by atoms with Gasteiger partial charge in [0.2, 0.25) is 0 Å². The Labute approximate surface area is 90.2 Å². The summed E-state index contributed by atoms with van der Waals surface area (Å²) in [6.07, 6.45) is -2.53. The second kappa shape index (κ2) is 4.27. The lowest BCUT2D eigenvalue weighted by Crippen LogP contribution is -2.04. The molecule has 0 fully saturated rings. The zero-order valence-corrected chi connectivity index (χ0v) is 8.74. The monoisotopic (exact) mass is 287 g/mol. The van der Waals surface area contributed by atoms with Crippen molar-refractivity contribution in [3.8, 4) is 0 Å². The zero-order valence-electron chi connectivity index (χ0n) is 6.40. The summed E-state index contributed by atoms with van der Waals surface area (Å²) in [4.78, 5) is 14.1. The van der Waals surface area contributed by atoms with Crippen molar-refractivity contribution in [1.29, 1.82) is 0 Å². The van der Waals surface area contributed by atoms with Crippen LogP contribution in [0.1, 0.15) is 22.3 Å². The lowest BCUT2D eigenvalue weighted by Gasteiger charge is -2.07. The molecule has 0 aliphatic carbocycles. The molecule has 14 heavy (non-hydrogen) atoms. The van der Waals surface area contributed by atoms with Crippen molar-refractivity contribution in [1.82, 2.24) is 4.98 Å². The SMILES string of the molecule is O=C(Cl)c1c(Br)ncc(F)c1C(F)F. The van der Waals surface area contributed by atoms with E-state index in [1.54, 1.807) is 0 Å². The van der Waals surface area contributed by atoms with E-state index in [0.717, 1.165) is 0 Å². The number of nitrogens with zero attached hydrogens (tertiary/aromatic N) is 1. The second-order valence-corrected chi connectivity index (χ2v) is 3.35. The van der Waals surface area contributed by atoms with Crippen molar-refractivity contribution in [3.05, 3.63) is 27.7 Å². The van der Waals surface area contributed by atoms with Gasteiger partial charge in [-0.2, -0.15) is 0 Å². The Morgan fingerprint density at radius 1 is 1.57 bits per heavy atom. The number of rotatable bonds is 2. The third kappa shape index (κ3) is 2.06. The average Bonchev–Trinajstić information content (AvgIpc) is 2.07. The summed E-state index contributed by atoms with van der Waals surface area (Å²) < 4.78 is 37.3. The number of carbonyl (C=O) groups is 1. The highest BCUT2D eigenvalue weighted by molar-refractivity contribution is 9.10. The molecule has 0 saturated heterocycles. The molecule has 1 aromatic rings. The first-order valence-corrected chi connectivity index (χ1v) is 4.44. The lowest BCUT2D eigenvalue weighted by molar-refractivity contribution is 0.106. The highest BCUT2D eigenvalue weighted by Crippen LogP contribution is 2.30. The third-order valence-electron chi connectivity index (χ3n) is 1.44. The topological polar surface area (TPSA) is 30.0 Å². The molecule has 0 saturated carbocycles. The van der Waals surface area contributed by atoms with Crippen LogP contribution in [0.2, 0.25) is 0 Å². The van der Waals surface area contributed by atoms with Gasteiger partial charge >= 0.3 is 0 Å². The van der Waals surface area contributed by atoms with Gasteiger partial charge in [0, 0.05) is 0 Å². The molecule has 0 aromatic carbocycles. The van der Waals surface area contributed by atoms with Gasteiger partial charge in [0.15, 0.2) is 5.82 Å². The molecule has 0 aliphatic heterocycles. The third-order valence-corrected chi connectivity index (χ3v) is 2.23. The molecule has 1 aromatic heterocycles. The fourth-order valence-corrected chi connectivity index (χ4v) is 1.68. The van der Waals surface area contributed by atoms with Gasteiger partial charge in [-0.25, -0.2) is 18.2 Å². The Morgan fingerprint density at radius 3 is 2.50 bits per heavy atom. The number of hydrogen-bond acceptors (Lipinski definition) is 2. The first-order chi connectivity index (χ1) is 6.45. The Morgan fingerprint density at radius 2 is 2.14 bits per heavy atom. The van der Waals surface area contributed by atoms with E-state index in [9.17, 15) is 18.0 Å². The highest BCUT2D eigenvalue weighted by Gasteiger charge is 2.25. The average molecular weight is 288 g/mol. The van der Waals surface area contributed by atoms with Crippen LogP contribution in [0.5, 0.6) is 0 Å². The molecule has 0 spiro atoms. The standard InChI is InChI=1S/C7H2BrClF3NO/c8-5-4(6(9)14)3(7(11)12)2(10)1-13-5/h1,7H. The smallest absolute Gasteiger partial charge is 0.267 e. The van der Waals surface area contributed by atoms with E-state index in [0.29, 0.717) is 6.20 Å². The molecule has 0 radical (unpaired) electrons. The Hall–Kier alpha value is -0.620. The van der Waals surface area contributed by atoms with Gasteiger partial charge in [-0.3, -0.25) is 4.79 Å². The molecule has 0 amide bonds. The fourth-order valence-electron chi connectivity index (χ4n) is 0.878. The van der Waals surface area contributed by atoms with Crippen LogP contribution in [0.15, 0.2) is 10.8 Å². The zero-order chi connectivity index (χ0) is 10.9. The molecular formula is C7H2BrClF3NO. The van der Waals surface area contributed by atoms with Crippen molar-refractivity contribution in [2.24, 2.45) is 0 Å². The summed E-state index contributed by atoms with van der Waals surface area (Å²) in [5.74, 6) is -1.26. The minimum absolute atomic E-state index is 0.200. The van der Waals surface area contributed by atoms with E-state index in [2.05, 4.69) is 20.9 Å². The van der Waals surface area contributed by atoms with Crippen LogP contribution in [0.4, 0.5) is 13.2 Å². The first kappa shape index (κ1) is 11.5. The maximum Gasteiger partial charge on any atom is 0.267 e. The van der Waals surface area contributed by atoms with Crippen molar-refractivity contribution >= 4 is 32.8 Å². The van der Waals surface area contributed by atoms with Crippen molar-refractivity contribution in [2.75, 3.05) is 0 Å². The summed E-state index contributed by atoms with van der Waals surface area (Å²) in [6.45, 7) is 0. The summed E-state index contributed by atoms with van der Waals surface area (Å²) in [5, 5.41) is -1.18. The van der Waals surface area contributed by atoms with Crippen LogP contribution in [-0.4, -0.2) is 10.2 Å². The van der Waals surface area contributed by atoms with E-state index >= 15 is 0 Å². The van der Waals surface area contributed by atoms with Crippen LogP contribution in [0.25, 0.3) is 0 Å². The largest absolute Gasteiger partial charge is 0.275 e. The van der Waals surface area contributed by atoms with Gasteiger partial charge in [0.05, 0.1) is 17.3 Å². The van der Waals surface area contributed by atoms with Crippen LogP contribution < -0.4 is 0 Å². The Balaban J connectivity index is 3.50. The fraction of sp³-hybridized carbons (Fsp3) is 0.143.